The molecule has 1 saturated heterocycles. The van der Waals surface area contributed by atoms with Crippen LogP contribution in [0.5, 0.6) is 0 Å². The molecule has 3 amide bonds. The summed E-state index contributed by atoms with van der Waals surface area (Å²) in [7, 11) is 0. The minimum atomic E-state index is -0.464. The molecule has 3 aromatic rings. The molecule has 41 heavy (non-hydrogen) atoms. The Hall–Kier alpha value is -3.97. The summed E-state index contributed by atoms with van der Waals surface area (Å²) in [5, 5.41) is 3.19. The van der Waals surface area contributed by atoms with E-state index in [1.807, 2.05) is 31.2 Å². The number of ether oxygens (including phenoxy) is 1. The zero-order chi connectivity index (χ0) is 28.7. The second kappa shape index (κ2) is 11.1. The Labute approximate surface area is 243 Å². The molecule has 0 saturated carbocycles. The van der Waals surface area contributed by atoms with Gasteiger partial charge in [0.2, 0.25) is 11.8 Å². The summed E-state index contributed by atoms with van der Waals surface area (Å²) in [4.78, 5) is 53.0. The van der Waals surface area contributed by atoms with E-state index in [2.05, 4.69) is 29.6 Å². The van der Waals surface area contributed by atoms with E-state index in [0.29, 0.717) is 36.5 Å². The van der Waals surface area contributed by atoms with Gasteiger partial charge in [-0.2, -0.15) is 0 Å². The van der Waals surface area contributed by atoms with Crippen molar-refractivity contribution in [3.63, 3.8) is 0 Å². The number of anilines is 1. The number of likely N-dealkylation sites (tertiary alicyclic amines) is 1. The van der Waals surface area contributed by atoms with E-state index >= 15 is 0 Å². The second-order valence-corrected chi connectivity index (χ2v) is 11.5. The summed E-state index contributed by atoms with van der Waals surface area (Å²) in [6, 6.07) is 21.6. The Balaban J connectivity index is 0.993. The number of carbonyl (C=O) groups excluding carboxylic acids is 4. The van der Waals surface area contributed by atoms with Gasteiger partial charge in [-0.15, -0.1) is 0 Å². The van der Waals surface area contributed by atoms with Crippen LogP contribution in [0.4, 0.5) is 5.69 Å². The number of nitrogens with zero attached hydrogens (tertiary/aromatic N) is 1. The van der Waals surface area contributed by atoms with Crippen LogP contribution in [0.15, 0.2) is 66.7 Å². The van der Waals surface area contributed by atoms with Crippen molar-refractivity contribution >= 4 is 41.0 Å². The molecule has 1 fully saturated rings. The number of aryl methyl sites for hydroxylation is 1. The quantitative estimate of drug-likeness (QED) is 0.206. The van der Waals surface area contributed by atoms with Crippen molar-refractivity contribution in [1.29, 1.82) is 0 Å². The first kappa shape index (κ1) is 27.2. The van der Waals surface area contributed by atoms with E-state index in [1.165, 1.54) is 4.90 Å². The van der Waals surface area contributed by atoms with Crippen molar-refractivity contribution in [2.45, 2.75) is 44.4 Å². The van der Waals surface area contributed by atoms with Crippen LogP contribution in [0.2, 0.25) is 5.02 Å². The van der Waals surface area contributed by atoms with Crippen molar-refractivity contribution in [2.75, 3.05) is 18.5 Å². The van der Waals surface area contributed by atoms with Crippen LogP contribution in [0.3, 0.4) is 0 Å². The van der Waals surface area contributed by atoms with Crippen molar-refractivity contribution in [3.8, 4) is 0 Å². The van der Waals surface area contributed by atoms with E-state index < -0.39 is 11.9 Å². The first-order chi connectivity index (χ1) is 19.8. The fourth-order valence-corrected chi connectivity index (χ4v) is 6.94. The van der Waals surface area contributed by atoms with Gasteiger partial charge in [-0.25, -0.2) is 0 Å². The fourth-order valence-electron chi connectivity index (χ4n) is 6.76. The van der Waals surface area contributed by atoms with E-state index in [1.54, 1.807) is 18.2 Å². The number of imide groups is 1. The zero-order valence-electron chi connectivity index (χ0n) is 22.8. The standard InChI is InChI=1S/C33H31ClN2O5/c1-19-14-15-20(17-25(19)34)35-26(37)18-41-27(38)13-3-2-8-16-36-32(39)30-28-21-9-4-5-10-22(21)29(31(30)33(36)40)24-12-7-6-11-23(24)28/h4-7,9-12,14-15,17,28-31H,2-3,8,13,16,18H2,1H3,(H,35,37)/t28?,29?,30-,31+. The van der Waals surface area contributed by atoms with Gasteiger partial charge in [-0.3, -0.25) is 24.1 Å². The number of amides is 3. The fraction of sp³-hybridized carbons (Fsp3) is 0.333. The topological polar surface area (TPSA) is 92.8 Å². The predicted octanol–water partition coefficient (Wildman–Crippen LogP) is 5.58. The Bertz CT molecular complexity index is 1440. The van der Waals surface area contributed by atoms with Crippen LogP contribution < -0.4 is 5.32 Å². The third kappa shape index (κ3) is 4.93. The van der Waals surface area contributed by atoms with Crippen LogP contribution in [-0.2, 0) is 23.9 Å². The van der Waals surface area contributed by atoms with Gasteiger partial charge in [0, 0.05) is 35.5 Å². The molecule has 3 aromatic carbocycles. The number of benzene rings is 3. The number of carbonyl (C=O) groups is 4. The minimum Gasteiger partial charge on any atom is -0.456 e. The SMILES string of the molecule is Cc1ccc(NC(=O)COC(=O)CCCCCN2C(=O)[C@@H]3C4c5ccccc5C(c5ccccc54)[C@@H]3C2=O)cc1Cl. The van der Waals surface area contributed by atoms with Gasteiger partial charge in [0.05, 0.1) is 11.8 Å². The smallest absolute Gasteiger partial charge is 0.306 e. The molecule has 210 valence electrons. The molecule has 2 bridgehead atoms. The third-order valence-electron chi connectivity index (χ3n) is 8.62. The summed E-state index contributed by atoms with van der Waals surface area (Å²) in [6.07, 6.45) is 1.96. The molecule has 0 unspecified atom stereocenters. The van der Waals surface area contributed by atoms with Crippen molar-refractivity contribution in [2.24, 2.45) is 11.8 Å². The Morgan fingerprint density at radius 2 is 1.39 bits per heavy atom. The summed E-state index contributed by atoms with van der Waals surface area (Å²) in [6.45, 7) is 1.83. The van der Waals surface area contributed by atoms with Crippen LogP contribution in [0.25, 0.3) is 0 Å². The largest absolute Gasteiger partial charge is 0.456 e. The molecule has 7 rings (SSSR count). The third-order valence-corrected chi connectivity index (χ3v) is 9.03. The molecular formula is C33H31ClN2O5. The summed E-state index contributed by atoms with van der Waals surface area (Å²) < 4.78 is 5.10. The van der Waals surface area contributed by atoms with E-state index in [-0.39, 0.29) is 48.5 Å². The summed E-state index contributed by atoms with van der Waals surface area (Å²) in [5.74, 6) is -2.01. The summed E-state index contributed by atoms with van der Waals surface area (Å²) >= 11 is 6.07. The maximum absolute atomic E-state index is 13.6. The molecular weight excluding hydrogens is 540 g/mol. The Morgan fingerprint density at radius 1 is 0.829 bits per heavy atom. The van der Waals surface area contributed by atoms with Crippen molar-refractivity contribution in [3.05, 3.63) is 99.6 Å². The average Bonchev–Trinajstić information content (AvgIpc) is 3.23. The predicted molar refractivity (Wildman–Crippen MR) is 155 cm³/mol. The Kier molecular flexibility index (Phi) is 7.39. The van der Waals surface area contributed by atoms with Gasteiger partial charge in [-0.05, 0) is 59.7 Å². The van der Waals surface area contributed by atoms with Crippen LogP contribution in [0.1, 0.15) is 65.3 Å². The number of esters is 1. The number of hydrogen-bond donors (Lipinski definition) is 1. The molecule has 0 aromatic heterocycles. The second-order valence-electron chi connectivity index (χ2n) is 11.1. The number of halogens is 1. The monoisotopic (exact) mass is 570 g/mol. The first-order valence-electron chi connectivity index (χ1n) is 14.1. The lowest BCUT2D eigenvalue weighted by Gasteiger charge is -2.45. The summed E-state index contributed by atoms with van der Waals surface area (Å²) in [5.41, 5.74) is 6.08. The highest BCUT2D eigenvalue weighted by Crippen LogP contribution is 2.60. The number of hydrogen-bond acceptors (Lipinski definition) is 5. The van der Waals surface area contributed by atoms with Crippen molar-refractivity contribution in [1.82, 2.24) is 4.90 Å². The molecule has 0 radical (unpaired) electrons. The maximum Gasteiger partial charge on any atom is 0.306 e. The van der Waals surface area contributed by atoms with E-state index in [4.69, 9.17) is 16.3 Å². The Morgan fingerprint density at radius 3 is 1.93 bits per heavy atom. The van der Waals surface area contributed by atoms with E-state index in [0.717, 1.165) is 27.8 Å². The lowest BCUT2D eigenvalue weighted by Crippen LogP contribution is -2.41. The van der Waals surface area contributed by atoms with Crippen LogP contribution >= 0.6 is 11.6 Å². The normalized spacial score (nSPS) is 21.8. The van der Waals surface area contributed by atoms with Crippen LogP contribution in [0, 0.1) is 18.8 Å². The highest BCUT2D eigenvalue weighted by molar-refractivity contribution is 6.31. The minimum absolute atomic E-state index is 0.0840. The number of rotatable bonds is 9. The van der Waals surface area contributed by atoms with Gasteiger partial charge < -0.3 is 10.1 Å². The highest BCUT2D eigenvalue weighted by Gasteiger charge is 2.61. The van der Waals surface area contributed by atoms with Gasteiger partial charge >= 0.3 is 5.97 Å². The lowest BCUT2D eigenvalue weighted by atomic mass is 9.55. The first-order valence-corrected chi connectivity index (χ1v) is 14.5. The van der Waals surface area contributed by atoms with Crippen molar-refractivity contribution < 1.29 is 23.9 Å². The maximum atomic E-state index is 13.6. The highest BCUT2D eigenvalue weighted by atomic mass is 35.5. The lowest BCUT2D eigenvalue weighted by molar-refractivity contribution is -0.147. The van der Waals surface area contributed by atoms with Gasteiger partial charge in [-0.1, -0.05) is 72.6 Å². The van der Waals surface area contributed by atoms with E-state index in [9.17, 15) is 19.2 Å². The van der Waals surface area contributed by atoms with Gasteiger partial charge in [0.15, 0.2) is 6.61 Å². The van der Waals surface area contributed by atoms with Crippen LogP contribution in [-0.4, -0.2) is 41.7 Å². The molecule has 1 N–H and O–H groups in total. The molecule has 8 heteroatoms. The molecule has 0 spiro atoms. The number of unbranched alkanes of at least 4 members (excludes halogenated alkanes) is 2. The van der Waals surface area contributed by atoms with Gasteiger partial charge in [0.25, 0.3) is 5.91 Å². The number of nitrogens with one attached hydrogen (secondary N) is 1. The zero-order valence-corrected chi connectivity index (χ0v) is 23.5. The average molecular weight is 571 g/mol. The molecule has 2 atom stereocenters. The molecule has 1 heterocycles. The molecule has 4 aliphatic rings. The molecule has 1 aliphatic heterocycles. The molecule has 7 nitrogen and oxygen atoms in total. The van der Waals surface area contributed by atoms with Gasteiger partial charge in [0.1, 0.15) is 0 Å². The molecule has 3 aliphatic carbocycles.